The van der Waals surface area contributed by atoms with Crippen LogP contribution in [0.2, 0.25) is 5.28 Å². The van der Waals surface area contributed by atoms with Gasteiger partial charge in [-0.1, -0.05) is 29.8 Å². The first-order valence-corrected chi connectivity index (χ1v) is 4.56. The van der Waals surface area contributed by atoms with Crippen molar-refractivity contribution >= 4 is 11.6 Å². The van der Waals surface area contributed by atoms with Crippen molar-refractivity contribution in [2.75, 3.05) is 0 Å². The zero-order chi connectivity index (χ0) is 9.97. The molecule has 0 aliphatic carbocycles. The molecule has 70 valence electrons. The van der Waals surface area contributed by atoms with Gasteiger partial charge in [0.25, 0.3) is 0 Å². The summed E-state index contributed by atoms with van der Waals surface area (Å²) in [7, 11) is 0. The molecule has 0 atom stereocenters. The largest absolute Gasteiger partial charge is 0.243 e. The van der Waals surface area contributed by atoms with Crippen molar-refractivity contribution in [1.82, 2.24) is 15.2 Å². The van der Waals surface area contributed by atoms with E-state index in [0.717, 1.165) is 11.3 Å². The van der Waals surface area contributed by atoms with E-state index in [0.29, 0.717) is 0 Å². The van der Waals surface area contributed by atoms with Crippen LogP contribution in [0, 0.1) is 6.92 Å². The highest BCUT2D eigenvalue weighted by molar-refractivity contribution is 6.28. The standard InChI is InChI=1S/C10H8ClN3/c1-7-2-4-8(5-3-7)9-6-12-14-10(11)13-9/h2-6H,1H3. The molecule has 1 aromatic heterocycles. The Labute approximate surface area is 86.8 Å². The lowest BCUT2D eigenvalue weighted by Gasteiger charge is -1.99. The van der Waals surface area contributed by atoms with Crippen LogP contribution in [-0.4, -0.2) is 15.2 Å². The monoisotopic (exact) mass is 205 g/mol. The Morgan fingerprint density at radius 1 is 1.14 bits per heavy atom. The van der Waals surface area contributed by atoms with Crippen molar-refractivity contribution in [1.29, 1.82) is 0 Å². The summed E-state index contributed by atoms with van der Waals surface area (Å²) in [4.78, 5) is 4.06. The fourth-order valence-corrected chi connectivity index (χ4v) is 1.28. The van der Waals surface area contributed by atoms with E-state index in [9.17, 15) is 0 Å². The summed E-state index contributed by atoms with van der Waals surface area (Å²) in [6.45, 7) is 2.04. The highest BCUT2D eigenvalue weighted by Gasteiger charge is 2.00. The Kier molecular flexibility index (Phi) is 2.41. The van der Waals surface area contributed by atoms with Crippen LogP contribution in [0.3, 0.4) is 0 Å². The maximum Gasteiger partial charge on any atom is 0.243 e. The molecule has 3 nitrogen and oxygen atoms in total. The van der Waals surface area contributed by atoms with Gasteiger partial charge in [-0.3, -0.25) is 0 Å². The third-order valence-corrected chi connectivity index (χ3v) is 2.04. The van der Waals surface area contributed by atoms with E-state index in [-0.39, 0.29) is 5.28 Å². The molecule has 0 aliphatic heterocycles. The molecule has 0 radical (unpaired) electrons. The van der Waals surface area contributed by atoms with Crippen LogP contribution in [0.25, 0.3) is 11.3 Å². The van der Waals surface area contributed by atoms with Gasteiger partial charge in [-0.05, 0) is 18.5 Å². The van der Waals surface area contributed by atoms with Crippen LogP contribution in [0.15, 0.2) is 30.5 Å². The number of hydrogen-bond acceptors (Lipinski definition) is 3. The minimum atomic E-state index is 0.170. The number of benzene rings is 1. The molecule has 2 aromatic rings. The summed E-state index contributed by atoms with van der Waals surface area (Å²) >= 11 is 5.64. The Balaban J connectivity index is 2.44. The van der Waals surface area contributed by atoms with E-state index in [1.54, 1.807) is 6.20 Å². The third-order valence-electron chi connectivity index (χ3n) is 1.88. The van der Waals surface area contributed by atoms with Crippen LogP contribution >= 0.6 is 11.6 Å². The fraction of sp³-hybridized carbons (Fsp3) is 0.100. The second-order valence-electron chi connectivity index (χ2n) is 2.98. The fourth-order valence-electron chi connectivity index (χ4n) is 1.15. The minimum Gasteiger partial charge on any atom is -0.215 e. The zero-order valence-electron chi connectivity index (χ0n) is 7.61. The Hall–Kier alpha value is -1.48. The molecule has 0 N–H and O–H groups in total. The molecule has 0 saturated heterocycles. The summed E-state index contributed by atoms with van der Waals surface area (Å²) in [5.41, 5.74) is 2.94. The van der Waals surface area contributed by atoms with Gasteiger partial charge in [-0.15, -0.1) is 5.10 Å². The van der Waals surface area contributed by atoms with Crippen molar-refractivity contribution in [2.45, 2.75) is 6.92 Å². The summed E-state index contributed by atoms with van der Waals surface area (Å²) in [5.74, 6) is 0. The van der Waals surface area contributed by atoms with Crippen LogP contribution in [0.1, 0.15) is 5.56 Å². The normalized spacial score (nSPS) is 10.1. The third kappa shape index (κ3) is 1.88. The van der Waals surface area contributed by atoms with E-state index in [4.69, 9.17) is 11.6 Å². The number of rotatable bonds is 1. The molecule has 0 bridgehead atoms. The summed E-state index contributed by atoms with van der Waals surface area (Å²) in [6.07, 6.45) is 1.59. The Morgan fingerprint density at radius 2 is 1.86 bits per heavy atom. The van der Waals surface area contributed by atoms with Gasteiger partial charge in [0, 0.05) is 5.56 Å². The molecule has 2 rings (SSSR count). The second kappa shape index (κ2) is 3.72. The maximum atomic E-state index is 5.64. The van der Waals surface area contributed by atoms with Gasteiger partial charge >= 0.3 is 0 Å². The molecule has 0 unspecified atom stereocenters. The second-order valence-corrected chi connectivity index (χ2v) is 3.31. The summed E-state index contributed by atoms with van der Waals surface area (Å²) in [5, 5.41) is 7.50. The van der Waals surface area contributed by atoms with Gasteiger partial charge in [0.1, 0.15) is 0 Å². The molecule has 14 heavy (non-hydrogen) atoms. The molecule has 4 heteroatoms. The van der Waals surface area contributed by atoms with E-state index in [1.807, 2.05) is 31.2 Å². The lowest BCUT2D eigenvalue weighted by molar-refractivity contribution is 0.974. The molecule has 1 aromatic carbocycles. The highest BCUT2D eigenvalue weighted by Crippen LogP contribution is 2.16. The Bertz CT molecular complexity index is 439. The number of aromatic nitrogens is 3. The summed E-state index contributed by atoms with van der Waals surface area (Å²) < 4.78 is 0. The quantitative estimate of drug-likeness (QED) is 0.718. The van der Waals surface area contributed by atoms with Gasteiger partial charge in [-0.25, -0.2) is 4.98 Å². The van der Waals surface area contributed by atoms with Crippen LogP contribution in [0.5, 0.6) is 0 Å². The lowest BCUT2D eigenvalue weighted by Crippen LogP contribution is -1.90. The van der Waals surface area contributed by atoms with Gasteiger partial charge in [0.15, 0.2) is 0 Å². The zero-order valence-corrected chi connectivity index (χ0v) is 8.36. The SMILES string of the molecule is Cc1ccc(-c2cnnc(Cl)n2)cc1. The van der Waals surface area contributed by atoms with Crippen molar-refractivity contribution in [2.24, 2.45) is 0 Å². The van der Waals surface area contributed by atoms with Gasteiger partial charge < -0.3 is 0 Å². The first-order valence-electron chi connectivity index (χ1n) is 4.18. The molecule has 0 saturated carbocycles. The molecule has 0 aliphatic rings. The molecular formula is C10H8ClN3. The predicted molar refractivity (Wildman–Crippen MR) is 55.0 cm³/mol. The molecule has 0 fully saturated rings. The van der Waals surface area contributed by atoms with E-state index < -0.39 is 0 Å². The Morgan fingerprint density at radius 3 is 2.50 bits per heavy atom. The molecular weight excluding hydrogens is 198 g/mol. The lowest BCUT2D eigenvalue weighted by atomic mass is 10.1. The summed E-state index contributed by atoms with van der Waals surface area (Å²) in [6, 6.07) is 8.00. The predicted octanol–water partition coefficient (Wildman–Crippen LogP) is 2.50. The average molecular weight is 206 g/mol. The van der Waals surface area contributed by atoms with Crippen molar-refractivity contribution in [3.63, 3.8) is 0 Å². The number of nitrogens with zero attached hydrogens (tertiary/aromatic N) is 3. The van der Waals surface area contributed by atoms with E-state index in [2.05, 4.69) is 15.2 Å². The maximum absolute atomic E-state index is 5.64. The van der Waals surface area contributed by atoms with Crippen molar-refractivity contribution in [3.05, 3.63) is 41.3 Å². The molecule has 1 heterocycles. The topological polar surface area (TPSA) is 38.7 Å². The molecule has 0 amide bonds. The van der Waals surface area contributed by atoms with Crippen molar-refractivity contribution in [3.8, 4) is 11.3 Å². The minimum absolute atomic E-state index is 0.170. The number of halogens is 1. The van der Waals surface area contributed by atoms with Gasteiger partial charge in [0.05, 0.1) is 11.9 Å². The molecule has 0 spiro atoms. The average Bonchev–Trinajstić information content (AvgIpc) is 2.19. The van der Waals surface area contributed by atoms with Crippen LogP contribution in [-0.2, 0) is 0 Å². The number of hydrogen-bond donors (Lipinski definition) is 0. The first-order chi connectivity index (χ1) is 6.75. The first kappa shape index (κ1) is 9.09. The number of aryl methyl sites for hydroxylation is 1. The van der Waals surface area contributed by atoms with E-state index in [1.165, 1.54) is 5.56 Å². The van der Waals surface area contributed by atoms with E-state index >= 15 is 0 Å². The highest BCUT2D eigenvalue weighted by atomic mass is 35.5. The van der Waals surface area contributed by atoms with Gasteiger partial charge in [0.2, 0.25) is 5.28 Å². The van der Waals surface area contributed by atoms with Crippen molar-refractivity contribution < 1.29 is 0 Å². The van der Waals surface area contributed by atoms with Gasteiger partial charge in [-0.2, -0.15) is 5.10 Å². The van der Waals surface area contributed by atoms with Crippen LogP contribution in [0.4, 0.5) is 0 Å². The van der Waals surface area contributed by atoms with Crippen LogP contribution < -0.4 is 0 Å². The smallest absolute Gasteiger partial charge is 0.215 e.